The number of benzene rings is 2. The van der Waals surface area contributed by atoms with Crippen LogP contribution in [0.25, 0.3) is 0 Å². The standard InChI is InChI=1S/C24H28ClO8PS/c1-34(28)32-13-3-11-23(15-33-34)10-2-12-24(35(29,30)17-6-4-16(25)5-7-17)20(23)14-31-22-19(27)9-8-18(26)21(22)24/h4-9,20,26-27H,2-3,10-15H2,1H3/t20-,23+,24-,34?/m0/s1. The first-order chi connectivity index (χ1) is 16.5. The molecule has 2 N–H and O–H groups in total. The summed E-state index contributed by atoms with van der Waals surface area (Å²) in [5.74, 6) is -1.15. The predicted molar refractivity (Wildman–Crippen MR) is 130 cm³/mol. The van der Waals surface area contributed by atoms with Gasteiger partial charge in [-0.25, -0.2) is 8.42 Å². The van der Waals surface area contributed by atoms with Crippen LogP contribution in [0.15, 0.2) is 41.3 Å². The Morgan fingerprint density at radius 1 is 1.00 bits per heavy atom. The SMILES string of the molecule is CP1(=O)OCCC[C@]2(CCC[C@@]3(S(=O)(=O)c4ccc(Cl)cc4)c4c(O)ccc(O)c4OC[C@@H]23)CO1. The van der Waals surface area contributed by atoms with Crippen molar-refractivity contribution < 1.29 is 37.0 Å². The number of phenols is 2. The molecule has 0 aromatic heterocycles. The fourth-order valence-electron chi connectivity index (χ4n) is 6.20. The van der Waals surface area contributed by atoms with E-state index in [0.29, 0.717) is 30.7 Å². The Bertz CT molecular complexity index is 1300. The highest BCUT2D eigenvalue weighted by Crippen LogP contribution is 2.65. The van der Waals surface area contributed by atoms with Gasteiger partial charge in [-0.1, -0.05) is 18.0 Å². The summed E-state index contributed by atoms with van der Waals surface area (Å²) in [7, 11) is -7.45. The van der Waals surface area contributed by atoms with Gasteiger partial charge < -0.3 is 24.0 Å². The lowest BCUT2D eigenvalue weighted by Crippen LogP contribution is -2.59. The molecule has 2 fully saturated rings. The number of hydrogen-bond donors (Lipinski definition) is 2. The molecule has 1 saturated heterocycles. The van der Waals surface area contributed by atoms with Crippen LogP contribution in [0.4, 0.5) is 0 Å². The Morgan fingerprint density at radius 2 is 1.69 bits per heavy atom. The van der Waals surface area contributed by atoms with Gasteiger partial charge in [0.2, 0.25) is 0 Å². The quantitative estimate of drug-likeness (QED) is 0.390. The molecular formula is C24H28ClO8PS. The first-order valence-corrected chi connectivity index (χ1v) is 15.4. The van der Waals surface area contributed by atoms with Crippen LogP contribution in [0.5, 0.6) is 17.2 Å². The van der Waals surface area contributed by atoms with Crippen molar-refractivity contribution >= 4 is 29.0 Å². The van der Waals surface area contributed by atoms with Gasteiger partial charge in [0.15, 0.2) is 21.3 Å². The summed E-state index contributed by atoms with van der Waals surface area (Å²) in [5.41, 5.74) is -0.622. The molecule has 1 saturated carbocycles. The third-order valence-electron chi connectivity index (χ3n) is 7.79. The van der Waals surface area contributed by atoms with E-state index in [2.05, 4.69) is 0 Å². The largest absolute Gasteiger partial charge is 0.507 e. The summed E-state index contributed by atoms with van der Waals surface area (Å²) >= 11 is 6.04. The Balaban J connectivity index is 1.77. The lowest BCUT2D eigenvalue weighted by molar-refractivity contribution is -0.0485. The summed E-state index contributed by atoms with van der Waals surface area (Å²) in [4.78, 5) is 0.0656. The minimum absolute atomic E-state index is 0.00489. The van der Waals surface area contributed by atoms with Gasteiger partial charge in [0.25, 0.3) is 0 Å². The van der Waals surface area contributed by atoms with Crippen LogP contribution in [0, 0.1) is 11.3 Å². The van der Waals surface area contributed by atoms with Gasteiger partial charge in [-0.05, 0) is 62.1 Å². The van der Waals surface area contributed by atoms with Crippen molar-refractivity contribution in [1.29, 1.82) is 0 Å². The van der Waals surface area contributed by atoms with E-state index in [1.54, 1.807) is 0 Å². The number of phenolic OH excluding ortho intramolecular Hbond substituents is 2. The highest BCUT2D eigenvalue weighted by Gasteiger charge is 2.65. The molecule has 35 heavy (non-hydrogen) atoms. The Labute approximate surface area is 209 Å². The molecule has 2 aromatic carbocycles. The molecule has 1 aliphatic carbocycles. The van der Waals surface area contributed by atoms with Crippen LogP contribution in [0.1, 0.15) is 37.7 Å². The summed E-state index contributed by atoms with van der Waals surface area (Å²) in [6.07, 6.45) is 2.55. The third kappa shape index (κ3) is 3.87. The van der Waals surface area contributed by atoms with E-state index >= 15 is 0 Å². The molecule has 0 amide bonds. The molecule has 2 aromatic rings. The fraction of sp³-hybridized carbons (Fsp3) is 0.500. The monoisotopic (exact) mass is 542 g/mol. The van der Waals surface area contributed by atoms with E-state index in [0.717, 1.165) is 0 Å². The molecule has 3 aliphatic rings. The summed E-state index contributed by atoms with van der Waals surface area (Å²) in [5, 5.41) is 22.0. The maximum absolute atomic E-state index is 14.6. The normalized spacial score (nSPS) is 33.1. The number of aromatic hydroxyl groups is 2. The van der Waals surface area contributed by atoms with E-state index in [9.17, 15) is 23.2 Å². The zero-order valence-electron chi connectivity index (χ0n) is 19.3. The van der Waals surface area contributed by atoms with Crippen LogP contribution in [-0.2, 0) is 28.2 Å². The predicted octanol–water partition coefficient (Wildman–Crippen LogP) is 5.25. The average Bonchev–Trinajstić information content (AvgIpc) is 2.82. The second kappa shape index (κ2) is 8.67. The second-order valence-electron chi connectivity index (χ2n) is 9.72. The van der Waals surface area contributed by atoms with Gasteiger partial charge in [-0.15, -0.1) is 0 Å². The molecule has 190 valence electrons. The first-order valence-electron chi connectivity index (χ1n) is 11.6. The molecule has 0 bridgehead atoms. The first kappa shape index (κ1) is 24.9. The Kier molecular flexibility index (Phi) is 6.17. The second-order valence-corrected chi connectivity index (χ2v) is 14.4. The Hall–Kier alpha value is -1.77. The minimum atomic E-state index is -4.14. The van der Waals surface area contributed by atoms with E-state index in [4.69, 9.17) is 25.4 Å². The van der Waals surface area contributed by atoms with Crippen molar-refractivity contribution in [3.63, 3.8) is 0 Å². The smallest absolute Gasteiger partial charge is 0.327 e. The van der Waals surface area contributed by atoms with Crippen LogP contribution < -0.4 is 4.74 Å². The molecule has 0 radical (unpaired) electrons. The van der Waals surface area contributed by atoms with Crippen LogP contribution in [0.2, 0.25) is 5.02 Å². The number of halogens is 1. The number of sulfone groups is 1. The lowest BCUT2D eigenvalue weighted by atomic mass is 9.57. The fourth-order valence-corrected chi connectivity index (χ4v) is 9.84. The van der Waals surface area contributed by atoms with E-state index in [1.807, 2.05) is 0 Å². The highest BCUT2D eigenvalue weighted by molar-refractivity contribution is 7.92. The van der Waals surface area contributed by atoms with Gasteiger partial charge in [0.1, 0.15) is 10.5 Å². The molecule has 5 rings (SSSR count). The summed E-state index contributed by atoms with van der Waals surface area (Å²) in [6.45, 7) is 1.70. The van der Waals surface area contributed by atoms with E-state index in [-0.39, 0.29) is 53.9 Å². The van der Waals surface area contributed by atoms with Gasteiger partial charge >= 0.3 is 7.60 Å². The van der Waals surface area contributed by atoms with Gasteiger partial charge in [0, 0.05) is 23.0 Å². The van der Waals surface area contributed by atoms with Gasteiger partial charge in [0.05, 0.1) is 30.3 Å². The van der Waals surface area contributed by atoms with E-state index in [1.165, 1.54) is 43.1 Å². The van der Waals surface area contributed by atoms with Crippen LogP contribution in [0.3, 0.4) is 0 Å². The zero-order chi connectivity index (χ0) is 25.1. The Morgan fingerprint density at radius 3 is 2.43 bits per heavy atom. The number of fused-ring (bicyclic) bond motifs is 4. The van der Waals surface area contributed by atoms with Crippen molar-refractivity contribution in [3.05, 3.63) is 47.0 Å². The summed E-state index contributed by atoms with van der Waals surface area (Å²) in [6, 6.07) is 8.54. The molecule has 2 aliphatic heterocycles. The van der Waals surface area contributed by atoms with Gasteiger partial charge in [-0.3, -0.25) is 4.57 Å². The minimum Gasteiger partial charge on any atom is -0.507 e. The van der Waals surface area contributed by atoms with Crippen molar-refractivity contribution in [2.24, 2.45) is 11.3 Å². The zero-order valence-corrected chi connectivity index (χ0v) is 21.7. The number of ether oxygens (including phenoxy) is 1. The van der Waals surface area contributed by atoms with Crippen molar-refractivity contribution in [2.45, 2.75) is 41.7 Å². The average molecular weight is 543 g/mol. The van der Waals surface area contributed by atoms with E-state index < -0.39 is 33.5 Å². The summed E-state index contributed by atoms with van der Waals surface area (Å²) < 4.78 is 57.5. The molecule has 1 spiro atoms. The lowest BCUT2D eigenvalue weighted by Gasteiger charge is -2.56. The maximum atomic E-state index is 14.6. The maximum Gasteiger partial charge on any atom is 0.327 e. The highest BCUT2D eigenvalue weighted by atomic mass is 35.5. The molecule has 4 atom stereocenters. The van der Waals surface area contributed by atoms with Crippen LogP contribution >= 0.6 is 19.2 Å². The molecule has 11 heteroatoms. The van der Waals surface area contributed by atoms with Crippen molar-refractivity contribution in [1.82, 2.24) is 0 Å². The van der Waals surface area contributed by atoms with Crippen LogP contribution in [-0.4, -0.2) is 45.1 Å². The molecular weight excluding hydrogens is 515 g/mol. The third-order valence-corrected chi connectivity index (χ3v) is 11.8. The van der Waals surface area contributed by atoms with Crippen molar-refractivity contribution in [2.75, 3.05) is 26.5 Å². The number of rotatable bonds is 2. The molecule has 2 heterocycles. The topological polar surface area (TPSA) is 119 Å². The molecule has 8 nitrogen and oxygen atoms in total. The molecule has 1 unspecified atom stereocenters. The van der Waals surface area contributed by atoms with Gasteiger partial charge in [-0.2, -0.15) is 0 Å². The van der Waals surface area contributed by atoms with Crippen molar-refractivity contribution in [3.8, 4) is 17.2 Å². The number of hydrogen-bond acceptors (Lipinski definition) is 8.